The van der Waals surface area contributed by atoms with E-state index in [4.69, 9.17) is 4.42 Å². The summed E-state index contributed by atoms with van der Waals surface area (Å²) < 4.78 is 6.80. The van der Waals surface area contributed by atoms with E-state index in [0.29, 0.717) is 36.3 Å². The number of nitrogens with one attached hydrogen (secondary N) is 2. The number of likely N-dealkylation sites (N-methyl/N-ethyl adjacent to an activating group) is 1. The molecule has 0 saturated carbocycles. The molecule has 2 rings (SSSR count). The summed E-state index contributed by atoms with van der Waals surface area (Å²) in [6.45, 7) is 1.89. The number of carbonyl (C=O) groups excluding carboxylic acids is 1. The third kappa shape index (κ3) is 5.83. The molecule has 0 aliphatic rings. The minimum atomic E-state index is -0.379. The number of oxazole rings is 1. The van der Waals surface area contributed by atoms with E-state index < -0.39 is 0 Å². The molecule has 0 radical (unpaired) electrons. The minimum absolute atomic E-state index is 0. The molecule has 2 N–H and O–H groups in total. The zero-order valence-corrected chi connectivity index (χ0v) is 15.6. The van der Waals surface area contributed by atoms with Crippen molar-refractivity contribution in [2.24, 2.45) is 0 Å². The first-order chi connectivity index (χ1) is 10.5. The van der Waals surface area contributed by atoms with Crippen LogP contribution in [-0.4, -0.2) is 49.6 Å². The van der Waals surface area contributed by atoms with E-state index >= 15 is 0 Å². The molecular formula is C15H24Cl2N4O3. The molecule has 136 valence electrons. The Bertz CT molecular complexity index is 712. The van der Waals surface area contributed by atoms with Gasteiger partial charge in [0.25, 0.3) is 0 Å². The van der Waals surface area contributed by atoms with Crippen molar-refractivity contribution >= 4 is 47.5 Å². The standard InChI is InChI=1S/C15H22N4O3.2ClH/c1-16-7-6-14(20)17-11-4-5-13-12(10-11)19(15(21)22-13)9-8-18(2)3;;/h4-5,10,16H,6-9H2,1-3H3,(H,17,20);2*1H. The summed E-state index contributed by atoms with van der Waals surface area (Å²) in [4.78, 5) is 25.7. The zero-order valence-electron chi connectivity index (χ0n) is 14.0. The molecule has 2 aromatic rings. The van der Waals surface area contributed by atoms with Gasteiger partial charge >= 0.3 is 5.76 Å². The lowest BCUT2D eigenvalue weighted by Crippen LogP contribution is -2.23. The highest BCUT2D eigenvalue weighted by Crippen LogP contribution is 2.18. The van der Waals surface area contributed by atoms with Crippen molar-refractivity contribution in [2.45, 2.75) is 13.0 Å². The topological polar surface area (TPSA) is 79.5 Å². The molecule has 1 heterocycles. The SMILES string of the molecule is CNCCC(=O)Nc1ccc2oc(=O)n(CCN(C)C)c2c1.Cl.Cl. The Kier molecular flexibility index (Phi) is 9.69. The Morgan fingerprint density at radius 1 is 1.29 bits per heavy atom. The number of rotatable bonds is 7. The first-order valence-corrected chi connectivity index (χ1v) is 7.24. The fraction of sp³-hybridized carbons (Fsp3) is 0.467. The normalized spacial score (nSPS) is 10.3. The maximum atomic E-state index is 11.9. The van der Waals surface area contributed by atoms with E-state index in [2.05, 4.69) is 10.6 Å². The number of nitrogens with zero attached hydrogens (tertiary/aromatic N) is 2. The van der Waals surface area contributed by atoms with Gasteiger partial charge in [0.15, 0.2) is 5.58 Å². The van der Waals surface area contributed by atoms with Gasteiger partial charge in [-0.25, -0.2) is 4.79 Å². The maximum absolute atomic E-state index is 11.9. The molecule has 1 aromatic carbocycles. The number of fused-ring (bicyclic) bond motifs is 1. The highest BCUT2D eigenvalue weighted by atomic mass is 35.5. The summed E-state index contributed by atoms with van der Waals surface area (Å²) in [5.74, 6) is -0.449. The van der Waals surface area contributed by atoms with Crippen LogP contribution >= 0.6 is 24.8 Å². The van der Waals surface area contributed by atoms with Crippen LogP contribution in [0.2, 0.25) is 0 Å². The molecular weight excluding hydrogens is 355 g/mol. The molecule has 0 spiro atoms. The third-order valence-electron chi connectivity index (χ3n) is 3.32. The van der Waals surface area contributed by atoms with Crippen LogP contribution in [0.1, 0.15) is 6.42 Å². The Balaban J connectivity index is 0.00000264. The predicted octanol–water partition coefficient (Wildman–Crippen LogP) is 1.55. The average Bonchev–Trinajstić information content (AvgIpc) is 2.78. The Labute approximate surface area is 153 Å². The van der Waals surface area contributed by atoms with Gasteiger partial charge in [0.2, 0.25) is 5.91 Å². The van der Waals surface area contributed by atoms with Gasteiger partial charge in [0, 0.05) is 31.7 Å². The number of benzene rings is 1. The number of carbonyl (C=O) groups is 1. The number of aromatic nitrogens is 1. The average molecular weight is 379 g/mol. The first-order valence-electron chi connectivity index (χ1n) is 7.24. The van der Waals surface area contributed by atoms with E-state index in [9.17, 15) is 9.59 Å². The smallest absolute Gasteiger partial charge is 0.408 e. The number of hydrogen-bond acceptors (Lipinski definition) is 5. The van der Waals surface area contributed by atoms with Gasteiger partial charge in [0.1, 0.15) is 0 Å². The molecule has 9 heteroatoms. The molecule has 0 fully saturated rings. The number of amides is 1. The minimum Gasteiger partial charge on any atom is -0.408 e. The van der Waals surface area contributed by atoms with Gasteiger partial charge in [-0.15, -0.1) is 24.8 Å². The van der Waals surface area contributed by atoms with E-state index in [1.807, 2.05) is 19.0 Å². The molecule has 0 aliphatic heterocycles. The third-order valence-corrected chi connectivity index (χ3v) is 3.32. The lowest BCUT2D eigenvalue weighted by Gasteiger charge is -2.10. The molecule has 0 saturated heterocycles. The van der Waals surface area contributed by atoms with Crippen LogP contribution in [0.25, 0.3) is 11.1 Å². The van der Waals surface area contributed by atoms with Crippen LogP contribution in [-0.2, 0) is 11.3 Å². The summed E-state index contributed by atoms with van der Waals surface area (Å²) >= 11 is 0. The molecule has 1 amide bonds. The van der Waals surface area contributed by atoms with Gasteiger partial charge in [-0.05, 0) is 39.3 Å². The summed E-state index contributed by atoms with van der Waals surface area (Å²) in [6, 6.07) is 5.21. The molecule has 0 aliphatic carbocycles. The Hall–Kier alpha value is -1.54. The second-order valence-corrected chi connectivity index (χ2v) is 5.41. The van der Waals surface area contributed by atoms with Crippen LogP contribution < -0.4 is 16.4 Å². The van der Waals surface area contributed by atoms with Gasteiger partial charge < -0.3 is 20.0 Å². The molecule has 0 unspecified atom stereocenters. The van der Waals surface area contributed by atoms with Crippen molar-refractivity contribution in [3.05, 3.63) is 28.7 Å². The van der Waals surface area contributed by atoms with Crippen LogP contribution in [0.15, 0.2) is 27.4 Å². The summed E-state index contributed by atoms with van der Waals surface area (Å²) in [5, 5.41) is 5.75. The van der Waals surface area contributed by atoms with Crippen molar-refractivity contribution in [1.29, 1.82) is 0 Å². The van der Waals surface area contributed by atoms with Crippen molar-refractivity contribution in [3.63, 3.8) is 0 Å². The first kappa shape index (κ1) is 22.5. The second kappa shape index (κ2) is 10.4. The fourth-order valence-electron chi connectivity index (χ4n) is 2.11. The van der Waals surface area contributed by atoms with E-state index in [0.717, 1.165) is 6.54 Å². The van der Waals surface area contributed by atoms with Gasteiger partial charge in [-0.2, -0.15) is 0 Å². The Morgan fingerprint density at radius 2 is 2.00 bits per heavy atom. The number of halogens is 2. The van der Waals surface area contributed by atoms with E-state index in [-0.39, 0.29) is 36.5 Å². The van der Waals surface area contributed by atoms with Crippen LogP contribution in [0.3, 0.4) is 0 Å². The summed E-state index contributed by atoms with van der Waals surface area (Å²) in [5.41, 5.74) is 1.88. The van der Waals surface area contributed by atoms with Gasteiger partial charge in [0.05, 0.1) is 5.52 Å². The predicted molar refractivity (Wildman–Crippen MR) is 101 cm³/mol. The van der Waals surface area contributed by atoms with E-state index in [1.165, 1.54) is 0 Å². The second-order valence-electron chi connectivity index (χ2n) is 5.41. The molecule has 24 heavy (non-hydrogen) atoms. The molecule has 0 bridgehead atoms. The molecule has 7 nitrogen and oxygen atoms in total. The van der Waals surface area contributed by atoms with Crippen LogP contribution in [0.4, 0.5) is 5.69 Å². The van der Waals surface area contributed by atoms with Crippen molar-refractivity contribution in [2.75, 3.05) is 39.5 Å². The largest absolute Gasteiger partial charge is 0.419 e. The van der Waals surface area contributed by atoms with Crippen molar-refractivity contribution in [1.82, 2.24) is 14.8 Å². The van der Waals surface area contributed by atoms with Crippen molar-refractivity contribution in [3.8, 4) is 0 Å². The zero-order chi connectivity index (χ0) is 16.1. The fourth-order valence-corrected chi connectivity index (χ4v) is 2.11. The highest BCUT2D eigenvalue weighted by molar-refractivity contribution is 5.92. The number of anilines is 1. The lowest BCUT2D eigenvalue weighted by molar-refractivity contribution is -0.116. The molecule has 0 atom stereocenters. The van der Waals surface area contributed by atoms with Gasteiger partial charge in [-0.1, -0.05) is 0 Å². The van der Waals surface area contributed by atoms with Crippen molar-refractivity contribution < 1.29 is 9.21 Å². The van der Waals surface area contributed by atoms with Crippen LogP contribution in [0.5, 0.6) is 0 Å². The summed E-state index contributed by atoms with van der Waals surface area (Å²) in [6.07, 6.45) is 0.396. The lowest BCUT2D eigenvalue weighted by atomic mass is 10.2. The Morgan fingerprint density at radius 3 is 2.62 bits per heavy atom. The maximum Gasteiger partial charge on any atom is 0.419 e. The van der Waals surface area contributed by atoms with E-state index in [1.54, 1.807) is 29.8 Å². The molecule has 1 aromatic heterocycles. The number of hydrogen-bond donors (Lipinski definition) is 2. The quantitative estimate of drug-likeness (QED) is 0.763. The van der Waals surface area contributed by atoms with Crippen LogP contribution in [0, 0.1) is 0 Å². The van der Waals surface area contributed by atoms with Gasteiger partial charge in [-0.3, -0.25) is 9.36 Å². The monoisotopic (exact) mass is 378 g/mol. The highest BCUT2D eigenvalue weighted by Gasteiger charge is 2.11. The summed E-state index contributed by atoms with van der Waals surface area (Å²) in [7, 11) is 5.69.